The van der Waals surface area contributed by atoms with Gasteiger partial charge in [-0.1, -0.05) is 11.6 Å². The van der Waals surface area contributed by atoms with Gasteiger partial charge in [0.05, 0.1) is 11.3 Å². The number of nitrogens with zero attached hydrogens (tertiary/aromatic N) is 1. The van der Waals surface area contributed by atoms with Crippen LogP contribution in [-0.4, -0.2) is 15.9 Å². The number of nitrogens with one attached hydrogen (secondary N) is 2. The monoisotopic (exact) mass is 300 g/mol. The summed E-state index contributed by atoms with van der Waals surface area (Å²) in [5.41, 5.74) is 9.12. The van der Waals surface area contributed by atoms with Gasteiger partial charge < -0.3 is 16.0 Å². The molecule has 6 heteroatoms. The molecule has 5 nitrogen and oxygen atoms in total. The summed E-state index contributed by atoms with van der Waals surface area (Å²) in [5.74, 6) is -0.250. The number of carbonyl (C=O) groups is 1. The smallest absolute Gasteiger partial charge is 0.257 e. The van der Waals surface area contributed by atoms with Crippen LogP contribution in [0.3, 0.4) is 0 Å². The Balaban J connectivity index is 1.95. The maximum atomic E-state index is 12.4. The van der Waals surface area contributed by atoms with E-state index in [-0.39, 0.29) is 11.1 Å². The SMILES string of the molecule is Cc1cnc(Cl)c(NC(=O)c2c[nH]c3cc(N)ccc23)c1. The summed E-state index contributed by atoms with van der Waals surface area (Å²) < 4.78 is 0. The van der Waals surface area contributed by atoms with Crippen LogP contribution in [0.2, 0.25) is 5.15 Å². The van der Waals surface area contributed by atoms with Crippen molar-refractivity contribution in [3.63, 3.8) is 0 Å². The molecule has 0 bridgehead atoms. The molecular weight excluding hydrogens is 288 g/mol. The van der Waals surface area contributed by atoms with E-state index in [1.165, 1.54) is 0 Å². The van der Waals surface area contributed by atoms with Crippen molar-refractivity contribution in [2.45, 2.75) is 6.92 Å². The van der Waals surface area contributed by atoms with Gasteiger partial charge in [0.25, 0.3) is 5.91 Å². The molecule has 1 aromatic carbocycles. The zero-order chi connectivity index (χ0) is 15.0. The first-order valence-electron chi connectivity index (χ1n) is 6.34. The number of benzene rings is 1. The molecule has 3 aromatic rings. The van der Waals surface area contributed by atoms with Crippen LogP contribution in [0, 0.1) is 6.92 Å². The molecule has 106 valence electrons. The van der Waals surface area contributed by atoms with Crippen molar-refractivity contribution in [2.75, 3.05) is 11.1 Å². The number of hydrogen-bond donors (Lipinski definition) is 3. The van der Waals surface area contributed by atoms with E-state index < -0.39 is 0 Å². The third-order valence-electron chi connectivity index (χ3n) is 3.17. The average Bonchev–Trinajstić information content (AvgIpc) is 2.85. The number of aromatic amines is 1. The molecule has 0 spiro atoms. The number of carbonyl (C=O) groups excluding carboxylic acids is 1. The molecule has 4 N–H and O–H groups in total. The van der Waals surface area contributed by atoms with Crippen LogP contribution < -0.4 is 11.1 Å². The molecule has 0 atom stereocenters. The lowest BCUT2D eigenvalue weighted by atomic mass is 10.1. The third kappa shape index (κ3) is 2.55. The van der Waals surface area contributed by atoms with Gasteiger partial charge in [0, 0.05) is 29.0 Å². The second-order valence-corrected chi connectivity index (χ2v) is 5.17. The number of aromatic nitrogens is 2. The Kier molecular flexibility index (Phi) is 3.27. The van der Waals surface area contributed by atoms with Crippen molar-refractivity contribution in [2.24, 2.45) is 0 Å². The highest BCUT2D eigenvalue weighted by molar-refractivity contribution is 6.32. The molecule has 0 radical (unpaired) electrons. The fourth-order valence-electron chi connectivity index (χ4n) is 2.16. The van der Waals surface area contributed by atoms with Crippen LogP contribution in [0.5, 0.6) is 0 Å². The normalized spacial score (nSPS) is 10.8. The number of rotatable bonds is 2. The van der Waals surface area contributed by atoms with E-state index in [2.05, 4.69) is 15.3 Å². The van der Waals surface area contributed by atoms with Crippen LogP contribution in [-0.2, 0) is 0 Å². The van der Waals surface area contributed by atoms with Gasteiger partial charge >= 0.3 is 0 Å². The number of fused-ring (bicyclic) bond motifs is 1. The number of aryl methyl sites for hydroxylation is 1. The van der Waals surface area contributed by atoms with Crippen molar-refractivity contribution in [3.05, 3.63) is 52.9 Å². The summed E-state index contributed by atoms with van der Waals surface area (Å²) in [4.78, 5) is 19.4. The highest BCUT2D eigenvalue weighted by atomic mass is 35.5. The number of H-pyrrole nitrogens is 1. The van der Waals surface area contributed by atoms with Crippen LogP contribution in [0.15, 0.2) is 36.7 Å². The lowest BCUT2D eigenvalue weighted by Crippen LogP contribution is -2.12. The van der Waals surface area contributed by atoms with Crippen LogP contribution in [0.25, 0.3) is 10.9 Å². The highest BCUT2D eigenvalue weighted by Crippen LogP contribution is 2.24. The Labute approximate surface area is 126 Å². The van der Waals surface area contributed by atoms with Gasteiger partial charge in [-0.15, -0.1) is 0 Å². The number of pyridine rings is 1. The second kappa shape index (κ2) is 5.10. The number of anilines is 2. The Morgan fingerprint density at radius 1 is 1.38 bits per heavy atom. The zero-order valence-electron chi connectivity index (χ0n) is 11.3. The van der Waals surface area contributed by atoms with E-state index >= 15 is 0 Å². The molecule has 21 heavy (non-hydrogen) atoms. The Morgan fingerprint density at radius 2 is 2.19 bits per heavy atom. The minimum absolute atomic E-state index is 0.250. The minimum Gasteiger partial charge on any atom is -0.399 e. The summed E-state index contributed by atoms with van der Waals surface area (Å²) in [5, 5.41) is 3.84. The molecule has 0 fully saturated rings. The maximum absolute atomic E-state index is 12.4. The number of nitrogens with two attached hydrogens (primary N) is 1. The first-order chi connectivity index (χ1) is 10.0. The van der Waals surface area contributed by atoms with E-state index in [0.29, 0.717) is 16.9 Å². The lowest BCUT2D eigenvalue weighted by molar-refractivity contribution is 0.102. The molecule has 2 heterocycles. The van der Waals surface area contributed by atoms with Crippen LogP contribution in [0.1, 0.15) is 15.9 Å². The standard InChI is InChI=1S/C15H13ClN4O/c1-8-4-13(14(16)19-6-8)20-15(21)11-7-18-12-5-9(17)2-3-10(11)12/h2-7,18H,17H2,1H3,(H,20,21). The molecule has 2 aromatic heterocycles. The molecule has 1 amide bonds. The number of amides is 1. The van der Waals surface area contributed by atoms with Gasteiger partial charge in [0.1, 0.15) is 0 Å². The first kappa shape index (κ1) is 13.5. The van der Waals surface area contributed by atoms with Crippen LogP contribution in [0.4, 0.5) is 11.4 Å². The van der Waals surface area contributed by atoms with Gasteiger partial charge in [0.15, 0.2) is 5.15 Å². The van der Waals surface area contributed by atoms with Crippen molar-refractivity contribution < 1.29 is 4.79 Å². The second-order valence-electron chi connectivity index (χ2n) is 4.81. The Hall–Kier alpha value is -2.53. The summed E-state index contributed by atoms with van der Waals surface area (Å²) in [7, 11) is 0. The summed E-state index contributed by atoms with van der Waals surface area (Å²) in [6, 6.07) is 7.13. The molecular formula is C15H13ClN4O. The third-order valence-corrected chi connectivity index (χ3v) is 3.48. The summed E-state index contributed by atoms with van der Waals surface area (Å²) in [6.45, 7) is 1.88. The van der Waals surface area contributed by atoms with Gasteiger partial charge in [-0.3, -0.25) is 4.79 Å². The van der Waals surface area contributed by atoms with Gasteiger partial charge in [-0.2, -0.15) is 0 Å². The minimum atomic E-state index is -0.250. The quantitative estimate of drug-likeness (QED) is 0.501. The molecule has 0 aliphatic rings. The highest BCUT2D eigenvalue weighted by Gasteiger charge is 2.14. The van der Waals surface area contributed by atoms with Crippen molar-refractivity contribution >= 4 is 39.8 Å². The molecule has 3 rings (SSSR count). The molecule has 0 saturated carbocycles. The van der Waals surface area contributed by atoms with Gasteiger partial charge in [0.2, 0.25) is 0 Å². The zero-order valence-corrected chi connectivity index (χ0v) is 12.0. The summed E-state index contributed by atoms with van der Waals surface area (Å²) in [6.07, 6.45) is 3.29. The van der Waals surface area contributed by atoms with E-state index in [1.807, 2.05) is 13.0 Å². The molecule has 0 aliphatic heterocycles. The van der Waals surface area contributed by atoms with E-state index in [0.717, 1.165) is 16.5 Å². The first-order valence-corrected chi connectivity index (χ1v) is 6.72. The van der Waals surface area contributed by atoms with Gasteiger partial charge in [-0.05, 0) is 36.8 Å². The fraction of sp³-hybridized carbons (Fsp3) is 0.0667. The topological polar surface area (TPSA) is 83.8 Å². The average molecular weight is 301 g/mol. The maximum Gasteiger partial charge on any atom is 0.257 e. The molecule has 0 aliphatic carbocycles. The number of hydrogen-bond acceptors (Lipinski definition) is 3. The van der Waals surface area contributed by atoms with Crippen molar-refractivity contribution in [1.29, 1.82) is 0 Å². The number of nitrogen functional groups attached to an aromatic ring is 1. The predicted octanol–water partition coefficient (Wildman–Crippen LogP) is 3.36. The van der Waals surface area contributed by atoms with Crippen LogP contribution >= 0.6 is 11.6 Å². The lowest BCUT2D eigenvalue weighted by Gasteiger charge is -2.07. The van der Waals surface area contributed by atoms with Gasteiger partial charge in [-0.25, -0.2) is 4.98 Å². The van der Waals surface area contributed by atoms with E-state index in [9.17, 15) is 4.79 Å². The predicted molar refractivity (Wildman–Crippen MR) is 84.6 cm³/mol. The number of halogens is 1. The van der Waals surface area contributed by atoms with Crippen molar-refractivity contribution in [3.8, 4) is 0 Å². The Bertz CT molecular complexity index is 841. The molecule has 0 unspecified atom stereocenters. The molecule has 0 saturated heterocycles. The largest absolute Gasteiger partial charge is 0.399 e. The Morgan fingerprint density at radius 3 is 3.00 bits per heavy atom. The van der Waals surface area contributed by atoms with E-state index in [4.69, 9.17) is 17.3 Å². The summed E-state index contributed by atoms with van der Waals surface area (Å²) >= 11 is 5.99. The van der Waals surface area contributed by atoms with Crippen molar-refractivity contribution in [1.82, 2.24) is 9.97 Å². The fourth-order valence-corrected chi connectivity index (χ4v) is 2.31. The van der Waals surface area contributed by atoms with E-state index in [1.54, 1.807) is 30.6 Å².